The summed E-state index contributed by atoms with van der Waals surface area (Å²) in [6, 6.07) is 3.50. The molecule has 1 aromatic heterocycles. The zero-order valence-corrected chi connectivity index (χ0v) is 14.3. The molecule has 1 amide bonds. The number of fused-ring (bicyclic) bond motifs is 1. The van der Waals surface area contributed by atoms with Crippen LogP contribution in [0.1, 0.15) is 46.6 Å². The van der Waals surface area contributed by atoms with Gasteiger partial charge in [0.05, 0.1) is 16.9 Å². The van der Waals surface area contributed by atoms with Gasteiger partial charge >= 0.3 is 0 Å². The first-order valence-electron chi connectivity index (χ1n) is 7.65. The van der Waals surface area contributed by atoms with E-state index >= 15 is 0 Å². The van der Waals surface area contributed by atoms with Gasteiger partial charge in [0.2, 0.25) is 0 Å². The van der Waals surface area contributed by atoms with E-state index in [9.17, 15) is 9.18 Å². The number of aromatic nitrogens is 1. The summed E-state index contributed by atoms with van der Waals surface area (Å²) in [7, 11) is 0. The number of rotatable bonds is 2. The van der Waals surface area contributed by atoms with Crippen LogP contribution in [0, 0.1) is 5.82 Å². The van der Waals surface area contributed by atoms with Gasteiger partial charge in [0.1, 0.15) is 10.7 Å². The number of anilines is 1. The Morgan fingerprint density at radius 3 is 2.87 bits per heavy atom. The number of amides is 1. The Morgan fingerprint density at radius 1 is 1.39 bits per heavy atom. The molecule has 6 heteroatoms. The Bertz CT molecular complexity index is 749. The average Bonchev–Trinajstić information content (AvgIpc) is 3.00. The van der Waals surface area contributed by atoms with Gasteiger partial charge in [0.15, 0.2) is 0 Å². The second-order valence-corrected chi connectivity index (χ2v) is 7.76. The predicted octanol–water partition coefficient (Wildman–Crippen LogP) is 3.48. The molecular formula is C17H20FN3OS. The summed E-state index contributed by atoms with van der Waals surface area (Å²) in [4.78, 5) is 17.1. The molecule has 0 atom stereocenters. The smallest absolute Gasteiger partial charge is 0.267 e. The summed E-state index contributed by atoms with van der Waals surface area (Å²) in [5, 5.41) is 6.78. The lowest BCUT2D eigenvalue weighted by atomic mass is 9.98. The molecule has 23 heavy (non-hydrogen) atoms. The Morgan fingerprint density at radius 2 is 2.17 bits per heavy atom. The summed E-state index contributed by atoms with van der Waals surface area (Å²) in [5.74, 6) is -0.635. The number of hydrogen-bond donors (Lipinski definition) is 2. The molecule has 3 rings (SSSR count). The molecule has 0 saturated heterocycles. The molecule has 1 aromatic carbocycles. The highest BCUT2D eigenvalue weighted by Gasteiger charge is 2.22. The number of nitrogens with one attached hydrogen (secondary N) is 2. The first-order chi connectivity index (χ1) is 10.9. The minimum Gasteiger partial charge on any atom is -0.319 e. The molecule has 0 radical (unpaired) electrons. The molecule has 0 aliphatic carbocycles. The molecule has 0 bridgehead atoms. The third-order valence-corrected chi connectivity index (χ3v) is 5.25. The lowest BCUT2D eigenvalue weighted by molar-refractivity contribution is 0.103. The Kier molecular flexibility index (Phi) is 4.21. The van der Waals surface area contributed by atoms with Crippen molar-refractivity contribution in [2.45, 2.75) is 39.2 Å². The van der Waals surface area contributed by atoms with Crippen molar-refractivity contribution in [3.8, 4) is 0 Å². The van der Waals surface area contributed by atoms with Crippen molar-refractivity contribution >= 4 is 22.9 Å². The summed E-state index contributed by atoms with van der Waals surface area (Å²) in [6.07, 6.45) is 2.19. The maximum atomic E-state index is 14.6. The maximum absolute atomic E-state index is 14.6. The van der Waals surface area contributed by atoms with E-state index in [0.29, 0.717) is 23.4 Å². The highest BCUT2D eigenvalue weighted by atomic mass is 32.1. The van der Waals surface area contributed by atoms with Crippen molar-refractivity contribution < 1.29 is 9.18 Å². The van der Waals surface area contributed by atoms with Gasteiger partial charge in [-0.2, -0.15) is 0 Å². The van der Waals surface area contributed by atoms with Crippen LogP contribution in [0.2, 0.25) is 0 Å². The van der Waals surface area contributed by atoms with E-state index in [1.165, 1.54) is 11.3 Å². The van der Waals surface area contributed by atoms with Gasteiger partial charge in [-0.15, -0.1) is 11.3 Å². The van der Waals surface area contributed by atoms with Gasteiger partial charge in [0, 0.05) is 12.0 Å². The van der Waals surface area contributed by atoms with Gasteiger partial charge in [-0.05, 0) is 30.2 Å². The predicted molar refractivity (Wildman–Crippen MR) is 90.6 cm³/mol. The average molecular weight is 333 g/mol. The van der Waals surface area contributed by atoms with Crippen molar-refractivity contribution in [2.75, 3.05) is 11.9 Å². The molecule has 1 aliphatic rings. The van der Waals surface area contributed by atoms with Crippen LogP contribution in [0.15, 0.2) is 18.3 Å². The van der Waals surface area contributed by atoms with Gasteiger partial charge in [-0.3, -0.25) is 4.79 Å². The second-order valence-electron chi connectivity index (χ2n) is 6.73. The fourth-order valence-electron chi connectivity index (χ4n) is 2.54. The highest BCUT2D eigenvalue weighted by molar-refractivity contribution is 7.13. The molecule has 2 heterocycles. The van der Waals surface area contributed by atoms with Crippen molar-refractivity contribution in [3.05, 3.63) is 45.2 Å². The molecule has 122 valence electrons. The van der Waals surface area contributed by atoms with E-state index in [1.807, 2.05) is 26.8 Å². The van der Waals surface area contributed by atoms with Crippen LogP contribution in [0.4, 0.5) is 10.1 Å². The zero-order chi connectivity index (χ0) is 16.6. The lowest BCUT2D eigenvalue weighted by Gasteiger charge is -2.19. The van der Waals surface area contributed by atoms with Crippen molar-refractivity contribution in [1.82, 2.24) is 10.3 Å². The highest BCUT2D eigenvalue weighted by Crippen LogP contribution is 2.28. The van der Waals surface area contributed by atoms with Crippen LogP contribution in [-0.4, -0.2) is 17.4 Å². The number of nitrogens with zero attached hydrogens (tertiary/aromatic N) is 1. The number of halogens is 1. The summed E-state index contributed by atoms with van der Waals surface area (Å²) in [5.41, 5.74) is 1.79. The standard InChI is InChI=1S/C17H20FN3OS/c1-17(2,3)16-20-9-13(23-16)15(22)21-12-5-4-10-8-19-7-6-11(10)14(12)18/h4-5,9,19H,6-8H2,1-3H3,(H,21,22). The van der Waals surface area contributed by atoms with Gasteiger partial charge in [-0.1, -0.05) is 26.8 Å². The van der Waals surface area contributed by atoms with Crippen LogP contribution in [0.5, 0.6) is 0 Å². The fraction of sp³-hybridized carbons (Fsp3) is 0.412. The fourth-order valence-corrected chi connectivity index (χ4v) is 3.41. The van der Waals surface area contributed by atoms with E-state index in [4.69, 9.17) is 0 Å². The van der Waals surface area contributed by atoms with E-state index in [1.54, 1.807) is 12.3 Å². The normalized spacial score (nSPS) is 14.4. The number of carbonyl (C=O) groups excluding carboxylic acids is 1. The zero-order valence-electron chi connectivity index (χ0n) is 13.5. The Balaban J connectivity index is 1.82. The number of carbonyl (C=O) groups is 1. The van der Waals surface area contributed by atoms with Gasteiger partial charge in [-0.25, -0.2) is 9.37 Å². The van der Waals surface area contributed by atoms with Crippen LogP contribution >= 0.6 is 11.3 Å². The summed E-state index contributed by atoms with van der Waals surface area (Å²) >= 11 is 1.35. The van der Waals surface area contributed by atoms with E-state index in [2.05, 4.69) is 15.6 Å². The molecule has 2 N–H and O–H groups in total. The number of benzene rings is 1. The third-order valence-electron chi connectivity index (χ3n) is 3.83. The second kappa shape index (κ2) is 6.02. The van der Waals surface area contributed by atoms with Crippen molar-refractivity contribution in [1.29, 1.82) is 0 Å². The molecule has 0 spiro atoms. The Labute approximate surface area is 139 Å². The van der Waals surface area contributed by atoms with E-state index < -0.39 is 0 Å². The minimum atomic E-state index is -0.321. The van der Waals surface area contributed by atoms with Crippen molar-refractivity contribution in [3.63, 3.8) is 0 Å². The first kappa shape index (κ1) is 16.1. The molecule has 0 fully saturated rings. The quantitative estimate of drug-likeness (QED) is 0.885. The SMILES string of the molecule is CC(C)(C)c1ncc(C(=O)Nc2ccc3c(c2F)CCNC3)s1. The lowest BCUT2D eigenvalue weighted by Crippen LogP contribution is -2.25. The molecule has 0 saturated carbocycles. The van der Waals surface area contributed by atoms with Gasteiger partial charge in [0.25, 0.3) is 5.91 Å². The van der Waals surface area contributed by atoms with Crippen LogP contribution < -0.4 is 10.6 Å². The topological polar surface area (TPSA) is 54.0 Å². The van der Waals surface area contributed by atoms with E-state index in [-0.39, 0.29) is 22.8 Å². The third kappa shape index (κ3) is 3.28. The molecule has 0 unspecified atom stereocenters. The van der Waals surface area contributed by atoms with Crippen LogP contribution in [0.25, 0.3) is 0 Å². The van der Waals surface area contributed by atoms with Crippen molar-refractivity contribution in [2.24, 2.45) is 0 Å². The number of hydrogen-bond acceptors (Lipinski definition) is 4. The van der Waals surface area contributed by atoms with Crippen LogP contribution in [0.3, 0.4) is 0 Å². The molecular weight excluding hydrogens is 313 g/mol. The van der Waals surface area contributed by atoms with Gasteiger partial charge < -0.3 is 10.6 Å². The molecule has 2 aromatic rings. The molecule has 4 nitrogen and oxygen atoms in total. The monoisotopic (exact) mass is 333 g/mol. The maximum Gasteiger partial charge on any atom is 0.267 e. The summed E-state index contributed by atoms with van der Waals surface area (Å²) < 4.78 is 14.6. The summed E-state index contributed by atoms with van der Waals surface area (Å²) in [6.45, 7) is 7.56. The first-order valence-corrected chi connectivity index (χ1v) is 8.46. The minimum absolute atomic E-state index is 0.104. The van der Waals surface area contributed by atoms with Crippen LogP contribution in [-0.2, 0) is 18.4 Å². The number of thiazole rings is 1. The Hall–Kier alpha value is -1.79. The molecule has 1 aliphatic heterocycles. The van der Waals surface area contributed by atoms with E-state index in [0.717, 1.165) is 17.1 Å². The largest absolute Gasteiger partial charge is 0.319 e.